The van der Waals surface area contributed by atoms with Crippen LogP contribution in [-0.2, 0) is 9.53 Å². The van der Waals surface area contributed by atoms with Gasteiger partial charge < -0.3 is 4.74 Å². The predicted molar refractivity (Wildman–Crippen MR) is 79.2 cm³/mol. The highest BCUT2D eigenvalue weighted by Gasteiger charge is 2.09. The molecule has 106 valence electrons. The first-order valence-electron chi connectivity index (χ1n) is 7.48. The van der Waals surface area contributed by atoms with Crippen molar-refractivity contribution in [2.24, 2.45) is 0 Å². The van der Waals surface area contributed by atoms with Crippen LogP contribution in [0, 0.1) is 0 Å². The molecule has 0 bridgehead atoms. The molecule has 0 saturated carbocycles. The van der Waals surface area contributed by atoms with Crippen molar-refractivity contribution >= 4 is 5.97 Å². The van der Waals surface area contributed by atoms with Crippen LogP contribution in [0.5, 0.6) is 0 Å². The largest absolute Gasteiger partial charge is 0.466 e. The molecule has 0 radical (unpaired) electrons. The molecule has 1 aromatic rings. The second-order valence-electron chi connectivity index (χ2n) is 4.98. The first-order chi connectivity index (χ1) is 9.27. The van der Waals surface area contributed by atoms with Crippen LogP contribution >= 0.6 is 0 Å². The predicted octanol–water partition coefficient (Wildman–Crippen LogP) is 4.69. The van der Waals surface area contributed by atoms with Crippen molar-refractivity contribution in [2.75, 3.05) is 6.61 Å². The standard InChI is InChI=1S/C17H26O2/c1-3-5-13-17(18)19-14-9-12-15(4-2)16-10-7-6-8-11-16/h6-8,10-11,15H,3-5,9,12-14H2,1-2H3. The highest BCUT2D eigenvalue weighted by molar-refractivity contribution is 5.69. The van der Waals surface area contributed by atoms with Crippen LogP contribution in [-0.4, -0.2) is 12.6 Å². The molecule has 0 saturated heterocycles. The van der Waals surface area contributed by atoms with Crippen LogP contribution in [0.1, 0.15) is 63.9 Å². The Morgan fingerprint density at radius 3 is 2.53 bits per heavy atom. The van der Waals surface area contributed by atoms with E-state index in [9.17, 15) is 4.79 Å². The van der Waals surface area contributed by atoms with Gasteiger partial charge in [-0.1, -0.05) is 50.6 Å². The number of unbranched alkanes of at least 4 members (excludes halogenated alkanes) is 1. The van der Waals surface area contributed by atoms with Gasteiger partial charge in [0.15, 0.2) is 0 Å². The van der Waals surface area contributed by atoms with Gasteiger partial charge in [0.25, 0.3) is 0 Å². The van der Waals surface area contributed by atoms with Crippen LogP contribution < -0.4 is 0 Å². The molecule has 19 heavy (non-hydrogen) atoms. The monoisotopic (exact) mass is 262 g/mol. The Morgan fingerprint density at radius 1 is 1.16 bits per heavy atom. The van der Waals surface area contributed by atoms with Gasteiger partial charge in [-0.05, 0) is 37.2 Å². The zero-order valence-electron chi connectivity index (χ0n) is 12.2. The fraction of sp³-hybridized carbons (Fsp3) is 0.588. The van der Waals surface area contributed by atoms with Crippen LogP contribution in [0.15, 0.2) is 30.3 Å². The summed E-state index contributed by atoms with van der Waals surface area (Å²) >= 11 is 0. The van der Waals surface area contributed by atoms with Crippen molar-refractivity contribution < 1.29 is 9.53 Å². The third-order valence-corrected chi connectivity index (χ3v) is 3.46. The number of rotatable bonds is 9. The van der Waals surface area contributed by atoms with E-state index in [4.69, 9.17) is 4.74 Å². The Kier molecular flexibility index (Phi) is 7.95. The summed E-state index contributed by atoms with van der Waals surface area (Å²) in [5, 5.41) is 0. The van der Waals surface area contributed by atoms with Crippen LogP contribution in [0.25, 0.3) is 0 Å². The van der Waals surface area contributed by atoms with Gasteiger partial charge >= 0.3 is 5.97 Å². The minimum atomic E-state index is -0.0467. The fourth-order valence-electron chi connectivity index (χ4n) is 2.24. The maximum absolute atomic E-state index is 11.4. The second kappa shape index (κ2) is 9.60. The zero-order valence-corrected chi connectivity index (χ0v) is 12.2. The quantitative estimate of drug-likeness (QED) is 0.476. The number of benzene rings is 1. The molecule has 0 spiro atoms. The maximum atomic E-state index is 11.4. The molecule has 2 heteroatoms. The molecule has 2 nitrogen and oxygen atoms in total. The third kappa shape index (κ3) is 6.42. The van der Waals surface area contributed by atoms with Crippen LogP contribution in [0.4, 0.5) is 0 Å². The number of hydrogen-bond acceptors (Lipinski definition) is 2. The van der Waals surface area contributed by atoms with Gasteiger partial charge in [-0.2, -0.15) is 0 Å². The van der Waals surface area contributed by atoms with E-state index >= 15 is 0 Å². The molecule has 0 amide bonds. The van der Waals surface area contributed by atoms with E-state index in [-0.39, 0.29) is 5.97 Å². The number of carbonyl (C=O) groups is 1. The Balaban J connectivity index is 2.22. The van der Waals surface area contributed by atoms with Crippen molar-refractivity contribution in [1.82, 2.24) is 0 Å². The molecule has 0 aromatic heterocycles. The molecule has 0 aliphatic carbocycles. The summed E-state index contributed by atoms with van der Waals surface area (Å²) in [7, 11) is 0. The molecule has 0 N–H and O–H groups in total. The number of esters is 1. The summed E-state index contributed by atoms with van der Waals surface area (Å²) in [6, 6.07) is 10.6. The normalized spacial score (nSPS) is 12.1. The van der Waals surface area contributed by atoms with E-state index in [0.717, 1.165) is 32.1 Å². The average molecular weight is 262 g/mol. The highest BCUT2D eigenvalue weighted by Crippen LogP contribution is 2.24. The van der Waals surface area contributed by atoms with Gasteiger partial charge in [0.1, 0.15) is 0 Å². The Labute approximate surface area is 117 Å². The van der Waals surface area contributed by atoms with Gasteiger partial charge in [0.05, 0.1) is 6.61 Å². The molecule has 1 unspecified atom stereocenters. The lowest BCUT2D eigenvalue weighted by Gasteiger charge is -2.15. The van der Waals surface area contributed by atoms with E-state index in [0.29, 0.717) is 18.9 Å². The molecule has 0 aliphatic rings. The van der Waals surface area contributed by atoms with Crippen molar-refractivity contribution in [3.05, 3.63) is 35.9 Å². The van der Waals surface area contributed by atoms with E-state index < -0.39 is 0 Å². The second-order valence-corrected chi connectivity index (χ2v) is 4.98. The van der Waals surface area contributed by atoms with Crippen molar-refractivity contribution in [1.29, 1.82) is 0 Å². The summed E-state index contributed by atoms with van der Waals surface area (Å²) < 4.78 is 5.24. The summed E-state index contributed by atoms with van der Waals surface area (Å²) in [6.07, 6.45) is 5.70. The number of carbonyl (C=O) groups excluding carboxylic acids is 1. The summed E-state index contributed by atoms with van der Waals surface area (Å²) in [6.45, 7) is 4.86. The van der Waals surface area contributed by atoms with E-state index in [2.05, 4.69) is 38.1 Å². The summed E-state index contributed by atoms with van der Waals surface area (Å²) in [5.41, 5.74) is 1.39. The summed E-state index contributed by atoms with van der Waals surface area (Å²) in [5.74, 6) is 0.533. The first kappa shape index (κ1) is 15.7. The van der Waals surface area contributed by atoms with Gasteiger partial charge in [-0.15, -0.1) is 0 Å². The topological polar surface area (TPSA) is 26.3 Å². The highest BCUT2D eigenvalue weighted by atomic mass is 16.5. The van der Waals surface area contributed by atoms with Crippen LogP contribution in [0.2, 0.25) is 0 Å². The van der Waals surface area contributed by atoms with Gasteiger partial charge in [-0.25, -0.2) is 0 Å². The van der Waals surface area contributed by atoms with Crippen molar-refractivity contribution in [3.8, 4) is 0 Å². The lowest BCUT2D eigenvalue weighted by Crippen LogP contribution is -2.07. The molecule has 0 aliphatic heterocycles. The zero-order chi connectivity index (χ0) is 13.9. The Hall–Kier alpha value is -1.31. The van der Waals surface area contributed by atoms with Gasteiger partial charge in [-0.3, -0.25) is 4.79 Å². The van der Waals surface area contributed by atoms with E-state index in [1.54, 1.807) is 0 Å². The SMILES string of the molecule is CCCCC(=O)OCCCC(CC)c1ccccc1. The van der Waals surface area contributed by atoms with Crippen molar-refractivity contribution in [2.45, 2.75) is 58.3 Å². The van der Waals surface area contributed by atoms with E-state index in [1.807, 2.05) is 6.07 Å². The van der Waals surface area contributed by atoms with Gasteiger partial charge in [0, 0.05) is 6.42 Å². The molecule has 0 heterocycles. The molecular weight excluding hydrogens is 236 g/mol. The van der Waals surface area contributed by atoms with Gasteiger partial charge in [0.2, 0.25) is 0 Å². The average Bonchev–Trinajstić information content (AvgIpc) is 2.46. The minimum absolute atomic E-state index is 0.0467. The minimum Gasteiger partial charge on any atom is -0.466 e. The maximum Gasteiger partial charge on any atom is 0.305 e. The Morgan fingerprint density at radius 2 is 1.89 bits per heavy atom. The molecule has 1 aromatic carbocycles. The van der Waals surface area contributed by atoms with Crippen molar-refractivity contribution in [3.63, 3.8) is 0 Å². The lowest BCUT2D eigenvalue weighted by atomic mass is 9.92. The Bertz CT molecular complexity index is 346. The summed E-state index contributed by atoms with van der Waals surface area (Å²) in [4.78, 5) is 11.4. The number of ether oxygens (including phenoxy) is 1. The third-order valence-electron chi connectivity index (χ3n) is 3.46. The number of hydrogen-bond donors (Lipinski definition) is 0. The fourth-order valence-corrected chi connectivity index (χ4v) is 2.24. The first-order valence-corrected chi connectivity index (χ1v) is 7.48. The molecule has 1 atom stereocenters. The van der Waals surface area contributed by atoms with E-state index in [1.165, 1.54) is 5.56 Å². The molecular formula is C17H26O2. The lowest BCUT2D eigenvalue weighted by molar-refractivity contribution is -0.143. The van der Waals surface area contributed by atoms with Crippen LogP contribution in [0.3, 0.4) is 0 Å². The smallest absolute Gasteiger partial charge is 0.305 e. The molecule has 1 rings (SSSR count). The molecule has 0 fully saturated rings.